The van der Waals surface area contributed by atoms with E-state index in [2.05, 4.69) is 27.8 Å². The topological polar surface area (TPSA) is 79.7 Å². The fraction of sp³-hybridized carbons (Fsp3) is 0.250. The highest BCUT2D eigenvalue weighted by molar-refractivity contribution is 9.10. The summed E-state index contributed by atoms with van der Waals surface area (Å²) in [6.07, 6.45) is 5.31. The van der Waals surface area contributed by atoms with Gasteiger partial charge in [0, 0.05) is 29.0 Å². The van der Waals surface area contributed by atoms with E-state index in [0.29, 0.717) is 12.2 Å². The monoisotopic (exact) mass is 534 g/mol. The SMILES string of the molecule is CCCCOc1ccc(/C(O)=C2/C(=O)C(=O)N(Cc3cccnc3)C2c2ccc(Br)cc2)cc1C. The molecule has 1 saturated heterocycles. The minimum atomic E-state index is -0.732. The van der Waals surface area contributed by atoms with Crippen LogP contribution in [0.4, 0.5) is 0 Å². The Morgan fingerprint density at radius 3 is 2.57 bits per heavy atom. The summed E-state index contributed by atoms with van der Waals surface area (Å²) in [5.74, 6) is -0.829. The molecule has 0 saturated carbocycles. The summed E-state index contributed by atoms with van der Waals surface area (Å²) in [6.45, 7) is 4.80. The summed E-state index contributed by atoms with van der Waals surface area (Å²) in [7, 11) is 0. The molecule has 1 aliphatic heterocycles. The molecule has 4 rings (SSSR count). The van der Waals surface area contributed by atoms with Gasteiger partial charge in [-0.3, -0.25) is 14.6 Å². The first-order valence-electron chi connectivity index (χ1n) is 11.6. The molecule has 1 fully saturated rings. The van der Waals surface area contributed by atoms with Crippen molar-refractivity contribution in [3.05, 3.63) is 99.3 Å². The van der Waals surface area contributed by atoms with Crippen molar-refractivity contribution in [1.29, 1.82) is 0 Å². The number of unbranched alkanes of at least 4 members (excludes halogenated alkanes) is 1. The first-order chi connectivity index (χ1) is 16.9. The molecule has 0 radical (unpaired) electrons. The molecule has 3 aromatic rings. The molecule has 2 heterocycles. The van der Waals surface area contributed by atoms with Gasteiger partial charge < -0.3 is 14.7 Å². The predicted octanol–water partition coefficient (Wildman–Crippen LogP) is 5.95. The molecule has 2 aromatic carbocycles. The van der Waals surface area contributed by atoms with E-state index in [0.717, 1.165) is 39.8 Å². The number of aryl methyl sites for hydroxylation is 1. The standard InChI is InChI=1S/C28H27BrN2O4/c1-3-4-14-35-23-12-9-21(15-18(23)2)26(32)24-25(20-7-10-22(29)11-8-20)31(28(34)27(24)33)17-19-6-5-13-30-16-19/h5-13,15-16,25,32H,3-4,14,17H2,1-2H3/b26-24-. The van der Waals surface area contributed by atoms with Crippen molar-refractivity contribution in [2.24, 2.45) is 0 Å². The maximum atomic E-state index is 13.2. The van der Waals surface area contributed by atoms with Crippen LogP contribution >= 0.6 is 15.9 Å². The number of ketones is 1. The number of aromatic nitrogens is 1. The molecule has 35 heavy (non-hydrogen) atoms. The van der Waals surface area contributed by atoms with Gasteiger partial charge in [0.15, 0.2) is 0 Å². The number of amides is 1. The Morgan fingerprint density at radius 2 is 1.91 bits per heavy atom. The van der Waals surface area contributed by atoms with Crippen molar-refractivity contribution < 1.29 is 19.4 Å². The number of likely N-dealkylation sites (tertiary alicyclic amines) is 1. The summed E-state index contributed by atoms with van der Waals surface area (Å²) in [6, 6.07) is 15.6. The van der Waals surface area contributed by atoms with E-state index in [1.807, 2.05) is 37.3 Å². The first-order valence-corrected chi connectivity index (χ1v) is 12.4. The molecule has 1 aliphatic rings. The number of aliphatic hydroxyl groups is 1. The number of rotatable bonds is 8. The van der Waals surface area contributed by atoms with Gasteiger partial charge in [-0.05, 0) is 66.4 Å². The van der Waals surface area contributed by atoms with Gasteiger partial charge in [0.1, 0.15) is 11.5 Å². The summed E-state index contributed by atoms with van der Waals surface area (Å²) >= 11 is 3.44. The number of Topliss-reactive ketones (excluding diaryl/α,β-unsaturated/α-hetero) is 1. The lowest BCUT2D eigenvalue weighted by molar-refractivity contribution is -0.140. The Morgan fingerprint density at radius 1 is 1.14 bits per heavy atom. The third-order valence-corrected chi connectivity index (χ3v) is 6.53. The molecule has 1 aromatic heterocycles. The Kier molecular flexibility index (Phi) is 7.66. The van der Waals surface area contributed by atoms with Crippen molar-refractivity contribution >= 4 is 33.4 Å². The average Bonchev–Trinajstić information content (AvgIpc) is 3.10. The molecule has 1 unspecified atom stereocenters. The number of hydrogen-bond acceptors (Lipinski definition) is 5. The zero-order valence-corrected chi connectivity index (χ0v) is 21.3. The summed E-state index contributed by atoms with van der Waals surface area (Å²) in [5.41, 5.74) is 2.90. The molecule has 1 amide bonds. The van der Waals surface area contributed by atoms with E-state index in [1.165, 1.54) is 4.90 Å². The summed E-state index contributed by atoms with van der Waals surface area (Å²) in [5, 5.41) is 11.3. The lowest BCUT2D eigenvalue weighted by Crippen LogP contribution is -2.29. The summed E-state index contributed by atoms with van der Waals surface area (Å²) < 4.78 is 6.70. The van der Waals surface area contributed by atoms with Crippen LogP contribution in [0.5, 0.6) is 5.75 Å². The van der Waals surface area contributed by atoms with Crippen LogP contribution in [0.2, 0.25) is 0 Å². The second kappa shape index (κ2) is 10.9. The van der Waals surface area contributed by atoms with Crippen LogP contribution in [0, 0.1) is 6.92 Å². The normalized spacial score (nSPS) is 17.1. The van der Waals surface area contributed by atoms with Crippen LogP contribution in [-0.4, -0.2) is 33.3 Å². The quantitative estimate of drug-likeness (QED) is 0.167. The number of carbonyl (C=O) groups excluding carboxylic acids is 2. The highest BCUT2D eigenvalue weighted by Crippen LogP contribution is 2.41. The third-order valence-electron chi connectivity index (χ3n) is 6.01. The van der Waals surface area contributed by atoms with Gasteiger partial charge in [-0.2, -0.15) is 0 Å². The molecule has 0 bridgehead atoms. The van der Waals surface area contributed by atoms with Crippen LogP contribution < -0.4 is 4.74 Å². The highest BCUT2D eigenvalue weighted by atomic mass is 79.9. The van der Waals surface area contributed by atoms with E-state index < -0.39 is 17.7 Å². The third kappa shape index (κ3) is 5.30. The van der Waals surface area contributed by atoms with Crippen molar-refractivity contribution in [2.75, 3.05) is 6.61 Å². The molecular formula is C28H27BrN2O4. The minimum Gasteiger partial charge on any atom is -0.507 e. The molecule has 0 aliphatic carbocycles. The van der Waals surface area contributed by atoms with Crippen molar-refractivity contribution in [3.63, 3.8) is 0 Å². The maximum Gasteiger partial charge on any atom is 0.295 e. The van der Waals surface area contributed by atoms with E-state index in [4.69, 9.17) is 4.74 Å². The number of halogens is 1. The number of hydrogen-bond donors (Lipinski definition) is 1. The molecule has 6 nitrogen and oxygen atoms in total. The van der Waals surface area contributed by atoms with Crippen LogP contribution in [0.25, 0.3) is 5.76 Å². The van der Waals surface area contributed by atoms with Crippen molar-refractivity contribution in [2.45, 2.75) is 39.3 Å². The van der Waals surface area contributed by atoms with E-state index in [1.54, 1.807) is 36.7 Å². The largest absolute Gasteiger partial charge is 0.507 e. The molecule has 1 N–H and O–H groups in total. The summed E-state index contributed by atoms with van der Waals surface area (Å²) in [4.78, 5) is 32.0. The molecule has 180 valence electrons. The predicted molar refractivity (Wildman–Crippen MR) is 138 cm³/mol. The Hall–Kier alpha value is -3.45. The maximum absolute atomic E-state index is 13.2. The Bertz CT molecular complexity index is 1260. The second-order valence-corrected chi connectivity index (χ2v) is 9.44. The number of carbonyl (C=O) groups is 2. The average molecular weight is 535 g/mol. The number of aliphatic hydroxyl groups excluding tert-OH is 1. The number of pyridine rings is 1. The first kappa shape index (κ1) is 24.7. The minimum absolute atomic E-state index is 0.0697. The fourth-order valence-corrected chi connectivity index (χ4v) is 4.43. The number of benzene rings is 2. The van der Waals surface area contributed by atoms with Crippen molar-refractivity contribution in [1.82, 2.24) is 9.88 Å². The number of ether oxygens (including phenoxy) is 1. The Balaban J connectivity index is 1.77. The zero-order valence-electron chi connectivity index (χ0n) is 19.7. The second-order valence-electron chi connectivity index (χ2n) is 8.52. The smallest absolute Gasteiger partial charge is 0.295 e. The van der Waals surface area contributed by atoms with Gasteiger partial charge >= 0.3 is 0 Å². The van der Waals surface area contributed by atoms with Crippen LogP contribution in [0.3, 0.4) is 0 Å². The van der Waals surface area contributed by atoms with Gasteiger partial charge in [-0.25, -0.2) is 0 Å². The molecule has 7 heteroatoms. The van der Waals surface area contributed by atoms with Gasteiger partial charge in [0.25, 0.3) is 11.7 Å². The lowest BCUT2D eigenvalue weighted by atomic mass is 9.94. The Labute approximate surface area is 213 Å². The zero-order chi connectivity index (χ0) is 24.9. The van der Waals surface area contributed by atoms with Crippen molar-refractivity contribution in [3.8, 4) is 5.75 Å². The number of nitrogens with zero attached hydrogens (tertiary/aromatic N) is 2. The van der Waals surface area contributed by atoms with E-state index in [-0.39, 0.29) is 17.9 Å². The van der Waals surface area contributed by atoms with Crippen LogP contribution in [-0.2, 0) is 16.1 Å². The fourth-order valence-electron chi connectivity index (χ4n) is 4.16. The molecular weight excluding hydrogens is 508 g/mol. The van der Waals surface area contributed by atoms with E-state index >= 15 is 0 Å². The van der Waals surface area contributed by atoms with Crippen LogP contribution in [0.1, 0.15) is 48.1 Å². The van der Waals surface area contributed by atoms with Crippen LogP contribution in [0.15, 0.2) is 77.0 Å². The van der Waals surface area contributed by atoms with Gasteiger partial charge in [0.05, 0.1) is 18.2 Å². The molecule has 0 spiro atoms. The molecule has 1 atom stereocenters. The highest BCUT2D eigenvalue weighted by Gasteiger charge is 2.46. The lowest BCUT2D eigenvalue weighted by Gasteiger charge is -2.25. The van der Waals surface area contributed by atoms with Gasteiger partial charge in [-0.15, -0.1) is 0 Å². The van der Waals surface area contributed by atoms with E-state index in [9.17, 15) is 14.7 Å². The van der Waals surface area contributed by atoms with Gasteiger partial charge in [0.2, 0.25) is 0 Å². The van der Waals surface area contributed by atoms with Gasteiger partial charge in [-0.1, -0.05) is 47.5 Å².